The van der Waals surface area contributed by atoms with Gasteiger partial charge in [-0.25, -0.2) is 12.7 Å². The summed E-state index contributed by atoms with van der Waals surface area (Å²) in [6, 6.07) is 7.69. The molecule has 8 heteroatoms. The molecule has 0 atom stereocenters. The summed E-state index contributed by atoms with van der Waals surface area (Å²) in [5.41, 5.74) is 1.85. The molecular weight excluding hydrogens is 364 g/mol. The van der Waals surface area contributed by atoms with Crippen LogP contribution in [-0.4, -0.2) is 60.9 Å². The number of carboxylic acids is 1. The average molecular weight is 391 g/mol. The van der Waals surface area contributed by atoms with Crippen molar-refractivity contribution >= 4 is 28.4 Å². The number of carbonyl (C=O) groups is 1. The van der Waals surface area contributed by atoms with Crippen molar-refractivity contribution in [1.82, 2.24) is 9.21 Å². The Morgan fingerprint density at radius 2 is 1.96 bits per heavy atom. The number of piperidine rings is 1. The molecule has 0 unspecified atom stereocenters. The quantitative estimate of drug-likeness (QED) is 0.771. The lowest BCUT2D eigenvalue weighted by Crippen LogP contribution is -2.48. The average Bonchev–Trinajstić information content (AvgIpc) is 2.52. The maximum atomic E-state index is 12.6. The monoisotopic (exact) mass is 390 g/mol. The van der Waals surface area contributed by atoms with Gasteiger partial charge in [0.2, 0.25) is 10.0 Å². The predicted molar refractivity (Wildman–Crippen MR) is 101 cm³/mol. The first kappa shape index (κ1) is 21.9. The normalized spacial score (nSPS) is 16.6. The second-order valence-corrected chi connectivity index (χ2v) is 8.30. The van der Waals surface area contributed by atoms with Gasteiger partial charge in [-0.2, -0.15) is 0 Å². The first-order chi connectivity index (χ1) is 11.3. The van der Waals surface area contributed by atoms with Crippen LogP contribution in [0.4, 0.5) is 0 Å². The molecule has 1 aliphatic rings. The Morgan fingerprint density at radius 3 is 2.48 bits per heavy atom. The van der Waals surface area contributed by atoms with E-state index in [9.17, 15) is 13.2 Å². The van der Waals surface area contributed by atoms with Gasteiger partial charge in [0, 0.05) is 19.1 Å². The van der Waals surface area contributed by atoms with Crippen molar-refractivity contribution in [1.29, 1.82) is 0 Å². The van der Waals surface area contributed by atoms with Crippen LogP contribution < -0.4 is 0 Å². The van der Waals surface area contributed by atoms with E-state index in [2.05, 4.69) is 0 Å². The van der Waals surface area contributed by atoms with Crippen molar-refractivity contribution < 1.29 is 18.3 Å². The molecular formula is C17H27ClN2O4S. The van der Waals surface area contributed by atoms with Gasteiger partial charge in [-0.15, -0.1) is 12.4 Å². The zero-order chi connectivity index (χ0) is 17.7. The third-order valence-electron chi connectivity index (χ3n) is 4.51. The van der Waals surface area contributed by atoms with E-state index < -0.39 is 16.0 Å². The number of benzene rings is 1. The van der Waals surface area contributed by atoms with Gasteiger partial charge in [-0.1, -0.05) is 36.8 Å². The summed E-state index contributed by atoms with van der Waals surface area (Å²) in [4.78, 5) is 12.8. The summed E-state index contributed by atoms with van der Waals surface area (Å²) in [6.45, 7) is 5.46. The van der Waals surface area contributed by atoms with E-state index in [0.717, 1.165) is 11.1 Å². The minimum absolute atomic E-state index is 0. The lowest BCUT2D eigenvalue weighted by atomic mass is 10.0. The molecule has 6 nitrogen and oxygen atoms in total. The molecule has 1 N–H and O–H groups in total. The number of aryl methyl sites for hydroxylation is 1. The van der Waals surface area contributed by atoms with Crippen molar-refractivity contribution in [3.8, 4) is 0 Å². The Morgan fingerprint density at radius 1 is 1.32 bits per heavy atom. The Kier molecular flexibility index (Phi) is 8.34. The molecule has 0 spiro atoms. The van der Waals surface area contributed by atoms with E-state index in [4.69, 9.17) is 5.11 Å². The smallest absolute Gasteiger partial charge is 0.317 e. The second-order valence-electron chi connectivity index (χ2n) is 6.33. The maximum Gasteiger partial charge on any atom is 0.317 e. The molecule has 25 heavy (non-hydrogen) atoms. The van der Waals surface area contributed by atoms with Crippen LogP contribution in [0.5, 0.6) is 0 Å². The van der Waals surface area contributed by atoms with E-state index in [0.29, 0.717) is 32.5 Å². The van der Waals surface area contributed by atoms with Crippen molar-refractivity contribution in [2.24, 2.45) is 0 Å². The number of nitrogens with zero attached hydrogens (tertiary/aromatic N) is 2. The zero-order valence-corrected chi connectivity index (χ0v) is 16.4. The molecule has 142 valence electrons. The Balaban J connectivity index is 0.00000312. The highest BCUT2D eigenvalue weighted by Crippen LogP contribution is 2.21. The summed E-state index contributed by atoms with van der Waals surface area (Å²) >= 11 is 0. The number of hydrogen-bond donors (Lipinski definition) is 1. The summed E-state index contributed by atoms with van der Waals surface area (Å²) < 4.78 is 26.8. The topological polar surface area (TPSA) is 77.9 Å². The molecule has 0 radical (unpaired) electrons. The third kappa shape index (κ3) is 6.26. The van der Waals surface area contributed by atoms with Crippen molar-refractivity contribution in [2.75, 3.05) is 26.2 Å². The minimum atomic E-state index is -3.33. The van der Waals surface area contributed by atoms with Gasteiger partial charge in [0.15, 0.2) is 0 Å². The van der Waals surface area contributed by atoms with Crippen LogP contribution in [0, 0.1) is 6.92 Å². The molecule has 1 fully saturated rings. The fraction of sp³-hybridized carbons (Fsp3) is 0.588. The maximum absolute atomic E-state index is 12.6. The largest absolute Gasteiger partial charge is 0.480 e. The summed E-state index contributed by atoms with van der Waals surface area (Å²) in [5, 5.41) is 8.97. The van der Waals surface area contributed by atoms with Crippen LogP contribution >= 0.6 is 12.4 Å². The highest BCUT2D eigenvalue weighted by molar-refractivity contribution is 7.88. The van der Waals surface area contributed by atoms with E-state index in [1.165, 1.54) is 0 Å². The number of halogens is 1. The first-order valence-corrected chi connectivity index (χ1v) is 9.92. The fourth-order valence-corrected chi connectivity index (χ4v) is 4.81. The van der Waals surface area contributed by atoms with Gasteiger partial charge in [0.1, 0.15) is 0 Å². The molecule has 1 heterocycles. The zero-order valence-electron chi connectivity index (χ0n) is 14.7. The molecule has 1 aromatic rings. The molecule has 0 saturated carbocycles. The van der Waals surface area contributed by atoms with Crippen LogP contribution in [0.1, 0.15) is 30.9 Å². The first-order valence-electron chi connectivity index (χ1n) is 8.31. The van der Waals surface area contributed by atoms with Crippen molar-refractivity contribution in [3.63, 3.8) is 0 Å². The van der Waals surface area contributed by atoms with Gasteiger partial charge in [-0.05, 0) is 31.9 Å². The van der Waals surface area contributed by atoms with Crippen molar-refractivity contribution in [2.45, 2.75) is 38.5 Å². The predicted octanol–water partition coefficient (Wildman–Crippen LogP) is 2.12. The van der Waals surface area contributed by atoms with Crippen LogP contribution in [0.3, 0.4) is 0 Å². The molecule has 0 aliphatic carbocycles. The second kappa shape index (κ2) is 9.52. The number of carboxylic acid groups (broad SMARTS) is 1. The van der Waals surface area contributed by atoms with E-state index >= 15 is 0 Å². The number of hydrogen-bond acceptors (Lipinski definition) is 4. The van der Waals surface area contributed by atoms with Crippen molar-refractivity contribution in [3.05, 3.63) is 35.4 Å². The van der Waals surface area contributed by atoms with E-state index in [1.807, 2.05) is 43.0 Å². The van der Waals surface area contributed by atoms with E-state index in [1.54, 1.807) is 4.31 Å². The lowest BCUT2D eigenvalue weighted by molar-refractivity contribution is -0.139. The molecule has 0 bridgehead atoms. The number of aliphatic carboxylic acids is 1. The molecule has 0 aromatic heterocycles. The SMILES string of the molecule is CCN(CC(=O)O)C1CCN(S(=O)(=O)Cc2cccc(C)c2)CC1.Cl. The number of rotatable bonds is 7. The van der Waals surface area contributed by atoms with Gasteiger partial charge >= 0.3 is 5.97 Å². The van der Waals surface area contributed by atoms with Crippen LogP contribution in [-0.2, 0) is 20.6 Å². The van der Waals surface area contributed by atoms with Gasteiger partial charge < -0.3 is 5.11 Å². The summed E-state index contributed by atoms with van der Waals surface area (Å²) in [6.07, 6.45) is 1.35. The Hall–Kier alpha value is -1.15. The third-order valence-corrected chi connectivity index (χ3v) is 6.36. The minimum Gasteiger partial charge on any atom is -0.480 e. The van der Waals surface area contributed by atoms with Crippen LogP contribution in [0.15, 0.2) is 24.3 Å². The highest BCUT2D eigenvalue weighted by Gasteiger charge is 2.30. The molecule has 1 aromatic carbocycles. The standard InChI is InChI=1S/C17H26N2O4S.ClH/c1-3-18(12-17(20)21)16-7-9-19(10-8-16)24(22,23)13-15-6-4-5-14(2)11-15;/h4-6,11,16H,3,7-10,12-13H2,1-2H3,(H,20,21);1H. The fourth-order valence-electron chi connectivity index (χ4n) is 3.26. The molecule has 2 rings (SSSR count). The number of sulfonamides is 1. The summed E-state index contributed by atoms with van der Waals surface area (Å²) in [5.74, 6) is -0.822. The van der Waals surface area contributed by atoms with E-state index in [-0.39, 0.29) is 30.7 Å². The van der Waals surface area contributed by atoms with Crippen LogP contribution in [0.25, 0.3) is 0 Å². The Labute approximate surface area is 156 Å². The Bertz CT molecular complexity index is 673. The van der Waals surface area contributed by atoms with Crippen LogP contribution in [0.2, 0.25) is 0 Å². The molecule has 1 saturated heterocycles. The number of likely N-dealkylation sites (N-methyl/N-ethyl adjacent to an activating group) is 1. The molecule has 0 amide bonds. The van der Waals surface area contributed by atoms with Gasteiger partial charge in [0.25, 0.3) is 0 Å². The molecule has 1 aliphatic heterocycles. The van der Waals surface area contributed by atoms with Gasteiger partial charge in [-0.3, -0.25) is 9.69 Å². The summed E-state index contributed by atoms with van der Waals surface area (Å²) in [7, 11) is -3.33. The lowest BCUT2D eigenvalue weighted by Gasteiger charge is -2.36. The highest BCUT2D eigenvalue weighted by atomic mass is 35.5. The van der Waals surface area contributed by atoms with Gasteiger partial charge in [0.05, 0.1) is 12.3 Å².